The van der Waals surface area contributed by atoms with Crippen molar-refractivity contribution in [3.63, 3.8) is 0 Å². The van der Waals surface area contributed by atoms with Crippen molar-refractivity contribution in [2.45, 2.75) is 26.2 Å². The fourth-order valence-corrected chi connectivity index (χ4v) is 3.03. The summed E-state index contributed by atoms with van der Waals surface area (Å²) < 4.78 is 0. The van der Waals surface area contributed by atoms with Crippen LogP contribution in [-0.4, -0.2) is 41.6 Å². The monoisotopic (exact) mass is 338 g/mol. The normalized spacial score (nSPS) is 19.0. The third-order valence-electron chi connectivity index (χ3n) is 4.40. The summed E-state index contributed by atoms with van der Waals surface area (Å²) in [5.74, 6) is -0.727. The molecule has 1 aromatic rings. The summed E-state index contributed by atoms with van der Waals surface area (Å²) in [7, 11) is 0. The molecule has 23 heavy (non-hydrogen) atoms. The zero-order valence-corrected chi connectivity index (χ0v) is 14.2. The molecule has 126 valence electrons. The van der Waals surface area contributed by atoms with Crippen molar-refractivity contribution in [1.82, 2.24) is 10.2 Å². The van der Waals surface area contributed by atoms with Gasteiger partial charge in [0.05, 0.1) is 5.92 Å². The van der Waals surface area contributed by atoms with Crippen molar-refractivity contribution in [2.75, 3.05) is 19.6 Å². The number of aliphatic carboxylic acids is 1. The van der Waals surface area contributed by atoms with E-state index in [1.807, 2.05) is 24.3 Å². The standard InChI is InChI=1S/C17H23ClN2O3/c1-11(2)15(12-3-5-14(18)6-4-12)9-19-17(23)20-8-7-13(10-20)16(21)22/h3-6,11,13,15H,7-10H2,1-2H3,(H,19,23)(H,21,22). The number of benzene rings is 1. The molecular formula is C17H23ClN2O3. The molecule has 6 heteroatoms. The molecule has 0 bridgehead atoms. The van der Waals surface area contributed by atoms with Gasteiger partial charge in [-0.1, -0.05) is 37.6 Å². The highest BCUT2D eigenvalue weighted by Gasteiger charge is 2.31. The highest BCUT2D eigenvalue weighted by Crippen LogP contribution is 2.25. The van der Waals surface area contributed by atoms with E-state index in [2.05, 4.69) is 19.2 Å². The number of amides is 2. The van der Waals surface area contributed by atoms with Crippen LogP contribution < -0.4 is 5.32 Å². The third-order valence-corrected chi connectivity index (χ3v) is 4.65. The number of carbonyl (C=O) groups is 2. The number of halogens is 1. The number of carboxylic acids is 1. The number of nitrogens with one attached hydrogen (secondary N) is 1. The van der Waals surface area contributed by atoms with Gasteiger partial charge in [-0.05, 0) is 30.0 Å². The molecule has 1 aliphatic heterocycles. The van der Waals surface area contributed by atoms with E-state index in [4.69, 9.17) is 16.7 Å². The van der Waals surface area contributed by atoms with E-state index in [1.54, 1.807) is 4.90 Å². The first kappa shape index (κ1) is 17.6. The Bertz CT molecular complexity index is 559. The Morgan fingerprint density at radius 3 is 2.52 bits per heavy atom. The molecule has 0 aromatic heterocycles. The maximum Gasteiger partial charge on any atom is 0.317 e. The van der Waals surface area contributed by atoms with Gasteiger partial charge in [0.15, 0.2) is 0 Å². The second-order valence-electron chi connectivity index (χ2n) is 6.36. The van der Waals surface area contributed by atoms with Crippen LogP contribution in [0.2, 0.25) is 5.02 Å². The molecule has 0 spiro atoms. The van der Waals surface area contributed by atoms with Gasteiger partial charge in [-0.2, -0.15) is 0 Å². The van der Waals surface area contributed by atoms with Crippen molar-refractivity contribution in [2.24, 2.45) is 11.8 Å². The van der Waals surface area contributed by atoms with Crippen LogP contribution in [0.25, 0.3) is 0 Å². The number of hydrogen-bond donors (Lipinski definition) is 2. The van der Waals surface area contributed by atoms with Crippen LogP contribution in [0.1, 0.15) is 31.7 Å². The number of hydrogen-bond acceptors (Lipinski definition) is 2. The highest BCUT2D eigenvalue weighted by atomic mass is 35.5. The van der Waals surface area contributed by atoms with E-state index < -0.39 is 11.9 Å². The fraction of sp³-hybridized carbons (Fsp3) is 0.529. The molecule has 1 fully saturated rings. The van der Waals surface area contributed by atoms with E-state index in [9.17, 15) is 9.59 Å². The van der Waals surface area contributed by atoms with Crippen LogP contribution >= 0.6 is 11.6 Å². The van der Waals surface area contributed by atoms with E-state index in [0.717, 1.165) is 5.56 Å². The van der Waals surface area contributed by atoms with Gasteiger partial charge in [-0.15, -0.1) is 0 Å². The second-order valence-corrected chi connectivity index (χ2v) is 6.79. The average Bonchev–Trinajstić information content (AvgIpc) is 2.99. The first-order valence-electron chi connectivity index (χ1n) is 7.89. The van der Waals surface area contributed by atoms with E-state index in [1.165, 1.54) is 0 Å². The lowest BCUT2D eigenvalue weighted by atomic mass is 9.88. The molecule has 0 saturated carbocycles. The summed E-state index contributed by atoms with van der Waals surface area (Å²) in [4.78, 5) is 24.8. The smallest absolute Gasteiger partial charge is 0.317 e. The number of urea groups is 1. The summed E-state index contributed by atoms with van der Waals surface area (Å²) in [5, 5.41) is 12.6. The number of carbonyl (C=O) groups excluding carboxylic acids is 1. The van der Waals surface area contributed by atoms with Crippen LogP contribution in [0, 0.1) is 11.8 Å². The largest absolute Gasteiger partial charge is 0.481 e. The van der Waals surface area contributed by atoms with Crippen molar-refractivity contribution >= 4 is 23.6 Å². The van der Waals surface area contributed by atoms with Gasteiger partial charge >= 0.3 is 12.0 Å². The first-order valence-corrected chi connectivity index (χ1v) is 8.27. The molecule has 1 aromatic carbocycles. The van der Waals surface area contributed by atoms with Gasteiger partial charge in [0.25, 0.3) is 0 Å². The Hall–Kier alpha value is -1.75. The topological polar surface area (TPSA) is 69.6 Å². The number of nitrogens with zero attached hydrogens (tertiary/aromatic N) is 1. The van der Waals surface area contributed by atoms with Gasteiger partial charge in [0.2, 0.25) is 0 Å². The zero-order chi connectivity index (χ0) is 17.0. The Balaban J connectivity index is 1.93. The van der Waals surface area contributed by atoms with Crippen molar-refractivity contribution in [3.05, 3.63) is 34.9 Å². The summed E-state index contributed by atoms with van der Waals surface area (Å²) >= 11 is 5.92. The van der Waals surface area contributed by atoms with Crippen LogP contribution in [-0.2, 0) is 4.79 Å². The molecule has 0 radical (unpaired) electrons. The van der Waals surface area contributed by atoms with Crippen molar-refractivity contribution < 1.29 is 14.7 Å². The molecule has 0 aliphatic carbocycles. The van der Waals surface area contributed by atoms with E-state index in [-0.39, 0.29) is 18.5 Å². The minimum Gasteiger partial charge on any atom is -0.481 e. The molecule has 2 rings (SSSR count). The Morgan fingerprint density at radius 1 is 1.35 bits per heavy atom. The van der Waals surface area contributed by atoms with Gasteiger partial charge in [-0.3, -0.25) is 4.79 Å². The first-order chi connectivity index (χ1) is 10.9. The van der Waals surface area contributed by atoms with E-state index >= 15 is 0 Å². The van der Waals surface area contributed by atoms with Gasteiger partial charge in [0.1, 0.15) is 0 Å². The highest BCUT2D eigenvalue weighted by molar-refractivity contribution is 6.30. The molecule has 5 nitrogen and oxygen atoms in total. The Kier molecular flexibility index (Phi) is 5.88. The molecule has 1 aliphatic rings. The van der Waals surface area contributed by atoms with Gasteiger partial charge in [-0.25, -0.2) is 4.79 Å². The zero-order valence-electron chi connectivity index (χ0n) is 13.5. The molecule has 2 atom stereocenters. The second kappa shape index (κ2) is 7.68. The Morgan fingerprint density at radius 2 is 2.00 bits per heavy atom. The van der Waals surface area contributed by atoms with Crippen LogP contribution in [0.15, 0.2) is 24.3 Å². The van der Waals surface area contributed by atoms with Gasteiger partial charge < -0.3 is 15.3 Å². The third kappa shape index (κ3) is 4.61. The molecular weight excluding hydrogens is 316 g/mol. The summed E-state index contributed by atoms with van der Waals surface area (Å²) in [5.41, 5.74) is 1.13. The van der Waals surface area contributed by atoms with Crippen LogP contribution in [0.4, 0.5) is 4.79 Å². The van der Waals surface area contributed by atoms with Crippen LogP contribution in [0.3, 0.4) is 0 Å². The maximum absolute atomic E-state index is 12.2. The summed E-state index contributed by atoms with van der Waals surface area (Å²) in [6.07, 6.45) is 0.521. The van der Waals surface area contributed by atoms with Crippen molar-refractivity contribution in [1.29, 1.82) is 0 Å². The fourth-order valence-electron chi connectivity index (χ4n) is 2.90. The van der Waals surface area contributed by atoms with Crippen LogP contribution in [0.5, 0.6) is 0 Å². The molecule has 2 N–H and O–H groups in total. The minimum absolute atomic E-state index is 0.187. The predicted molar refractivity (Wildman–Crippen MR) is 89.7 cm³/mol. The number of likely N-dealkylation sites (tertiary alicyclic amines) is 1. The lowest BCUT2D eigenvalue weighted by molar-refractivity contribution is -0.141. The molecule has 2 amide bonds. The molecule has 2 unspecified atom stereocenters. The van der Waals surface area contributed by atoms with E-state index in [0.29, 0.717) is 30.5 Å². The lowest BCUT2D eigenvalue weighted by Crippen LogP contribution is -2.41. The lowest BCUT2D eigenvalue weighted by Gasteiger charge is -2.24. The molecule has 1 heterocycles. The summed E-state index contributed by atoms with van der Waals surface area (Å²) in [6.45, 7) is 5.53. The minimum atomic E-state index is -0.832. The van der Waals surface area contributed by atoms with Gasteiger partial charge in [0, 0.05) is 30.6 Å². The Labute approximate surface area is 141 Å². The number of carboxylic acid groups (broad SMARTS) is 1. The molecule has 1 saturated heterocycles. The predicted octanol–water partition coefficient (Wildman–Crippen LogP) is 3.20. The number of rotatable bonds is 5. The SMILES string of the molecule is CC(C)C(CNC(=O)N1CCC(C(=O)O)C1)c1ccc(Cl)cc1. The summed E-state index contributed by atoms with van der Waals surface area (Å²) in [6, 6.07) is 7.48. The van der Waals surface area contributed by atoms with Crippen molar-refractivity contribution in [3.8, 4) is 0 Å². The average molecular weight is 339 g/mol. The quantitative estimate of drug-likeness (QED) is 0.866. The maximum atomic E-state index is 12.2.